The number of allylic oxidation sites excluding steroid dienone is 2. The third-order valence-corrected chi connectivity index (χ3v) is 6.12. The Morgan fingerprint density at radius 2 is 1.96 bits per heavy atom. The van der Waals surface area contributed by atoms with Crippen LogP contribution < -0.4 is 11.6 Å². The fourth-order valence-electron chi connectivity index (χ4n) is 4.64. The molecular weight excluding hydrogens is 353 g/mol. The van der Waals surface area contributed by atoms with E-state index in [2.05, 4.69) is 11.1 Å². The molecule has 2 aliphatic carbocycles. The van der Waals surface area contributed by atoms with Gasteiger partial charge in [-0.05, 0) is 54.5 Å². The average Bonchev–Trinajstić information content (AvgIpc) is 2.73. The Bertz CT molecular complexity index is 891. The van der Waals surface area contributed by atoms with Crippen LogP contribution in [-0.4, -0.2) is 4.98 Å². The quantitative estimate of drug-likeness (QED) is 0.749. The van der Waals surface area contributed by atoms with Crippen LogP contribution in [0.5, 0.6) is 0 Å². The number of nitrogens with two attached hydrogens (primary N) is 2. The monoisotopic (exact) mass is 379 g/mol. The summed E-state index contributed by atoms with van der Waals surface area (Å²) < 4.78 is 13.4. The van der Waals surface area contributed by atoms with Gasteiger partial charge in [-0.25, -0.2) is 4.39 Å². The van der Waals surface area contributed by atoms with Gasteiger partial charge >= 0.3 is 0 Å². The van der Waals surface area contributed by atoms with E-state index in [1.807, 2.05) is 24.3 Å². The summed E-state index contributed by atoms with van der Waals surface area (Å²) in [6.45, 7) is 0. The number of nitrogens with zero attached hydrogens (tertiary/aromatic N) is 1. The van der Waals surface area contributed by atoms with Gasteiger partial charge in [-0.2, -0.15) is 5.90 Å². The van der Waals surface area contributed by atoms with Crippen LogP contribution in [0.1, 0.15) is 37.8 Å². The second-order valence-corrected chi connectivity index (χ2v) is 7.78. The Balaban J connectivity index is 1.55. The highest BCUT2D eigenvalue weighted by Crippen LogP contribution is 2.45. The van der Waals surface area contributed by atoms with Gasteiger partial charge in [-0.1, -0.05) is 37.1 Å². The Kier molecular flexibility index (Phi) is 5.44. The standard InChI is InChI=1S/C23H26FN3O/c24-18-6-3-5-15(12-18)17-8-9-19(27-14-17)10-11-21-20-7-2-1-4-16(20)13-22(28-26)23(21)25/h3,5-6,8-12,14,16,20-21H,1-2,4,7,13,25-26H2/b11-10+/t16-,20?,21-/m0/s1. The van der Waals surface area contributed by atoms with Gasteiger partial charge in [-0.3, -0.25) is 4.98 Å². The Morgan fingerprint density at radius 1 is 1.11 bits per heavy atom. The normalized spacial score (nSPS) is 25.0. The number of aromatic nitrogens is 1. The maximum absolute atomic E-state index is 13.4. The van der Waals surface area contributed by atoms with Gasteiger partial charge in [0.25, 0.3) is 0 Å². The van der Waals surface area contributed by atoms with Crippen LogP contribution in [0.2, 0.25) is 0 Å². The van der Waals surface area contributed by atoms with Crippen molar-refractivity contribution in [3.05, 3.63) is 71.6 Å². The average molecular weight is 379 g/mol. The zero-order valence-corrected chi connectivity index (χ0v) is 15.9. The number of halogens is 1. The molecule has 4 N–H and O–H groups in total. The van der Waals surface area contributed by atoms with Crippen LogP contribution in [0.25, 0.3) is 17.2 Å². The molecule has 1 aromatic carbocycles. The predicted molar refractivity (Wildman–Crippen MR) is 109 cm³/mol. The SMILES string of the molecule is NOC1=C(N)[C@@H](/C=C/c2ccc(-c3cccc(F)c3)cn2)C2CCCC[C@H]2C1. The van der Waals surface area contributed by atoms with Gasteiger partial charge in [0.15, 0.2) is 0 Å². The van der Waals surface area contributed by atoms with Crippen molar-refractivity contribution in [1.82, 2.24) is 4.98 Å². The number of hydrogen-bond acceptors (Lipinski definition) is 4. The van der Waals surface area contributed by atoms with Gasteiger partial charge in [0.2, 0.25) is 0 Å². The van der Waals surface area contributed by atoms with Crippen molar-refractivity contribution in [2.45, 2.75) is 32.1 Å². The fourth-order valence-corrected chi connectivity index (χ4v) is 4.64. The molecule has 0 amide bonds. The highest BCUT2D eigenvalue weighted by Gasteiger charge is 2.38. The number of benzene rings is 1. The lowest BCUT2D eigenvalue weighted by atomic mass is 9.66. The second kappa shape index (κ2) is 8.15. The molecule has 1 heterocycles. The minimum atomic E-state index is -0.249. The molecule has 4 rings (SSSR count). The lowest BCUT2D eigenvalue weighted by Crippen LogP contribution is -2.35. The van der Waals surface area contributed by atoms with Gasteiger partial charge in [-0.15, -0.1) is 0 Å². The molecule has 3 atom stereocenters. The molecular formula is C23H26FN3O. The van der Waals surface area contributed by atoms with E-state index in [1.54, 1.807) is 12.3 Å². The van der Waals surface area contributed by atoms with E-state index in [9.17, 15) is 4.39 Å². The molecule has 2 aromatic rings. The van der Waals surface area contributed by atoms with E-state index in [0.29, 0.717) is 11.8 Å². The summed E-state index contributed by atoms with van der Waals surface area (Å²) in [5, 5.41) is 0. The van der Waals surface area contributed by atoms with Crippen molar-refractivity contribution in [2.24, 2.45) is 29.4 Å². The Morgan fingerprint density at radius 3 is 2.71 bits per heavy atom. The molecule has 1 aromatic heterocycles. The topological polar surface area (TPSA) is 74.2 Å². The summed E-state index contributed by atoms with van der Waals surface area (Å²) in [4.78, 5) is 9.60. The first-order valence-electron chi connectivity index (χ1n) is 9.91. The summed E-state index contributed by atoms with van der Waals surface area (Å²) in [6.07, 6.45) is 11.7. The maximum atomic E-state index is 13.4. The first-order valence-corrected chi connectivity index (χ1v) is 9.91. The summed E-state index contributed by atoms with van der Waals surface area (Å²) in [7, 11) is 0. The summed E-state index contributed by atoms with van der Waals surface area (Å²) in [6, 6.07) is 10.4. The minimum absolute atomic E-state index is 0.127. The molecule has 4 nitrogen and oxygen atoms in total. The van der Waals surface area contributed by atoms with Crippen LogP contribution >= 0.6 is 0 Å². The Hall–Kier alpha value is -2.66. The molecule has 146 valence electrons. The van der Waals surface area contributed by atoms with Crippen molar-refractivity contribution in [1.29, 1.82) is 0 Å². The van der Waals surface area contributed by atoms with Gasteiger partial charge < -0.3 is 10.6 Å². The third-order valence-electron chi connectivity index (χ3n) is 6.12. The van der Waals surface area contributed by atoms with Gasteiger partial charge in [0, 0.05) is 24.1 Å². The molecule has 0 spiro atoms. The van der Waals surface area contributed by atoms with E-state index in [4.69, 9.17) is 16.5 Å². The lowest BCUT2D eigenvalue weighted by Gasteiger charge is -2.40. The van der Waals surface area contributed by atoms with Crippen LogP contribution in [0, 0.1) is 23.6 Å². The molecule has 5 heteroatoms. The zero-order chi connectivity index (χ0) is 19.5. The zero-order valence-electron chi connectivity index (χ0n) is 15.9. The smallest absolute Gasteiger partial charge is 0.143 e. The van der Waals surface area contributed by atoms with Gasteiger partial charge in [0.05, 0.1) is 11.4 Å². The van der Waals surface area contributed by atoms with E-state index >= 15 is 0 Å². The van der Waals surface area contributed by atoms with E-state index in [0.717, 1.165) is 34.7 Å². The van der Waals surface area contributed by atoms with Crippen molar-refractivity contribution < 1.29 is 9.23 Å². The van der Waals surface area contributed by atoms with E-state index < -0.39 is 0 Å². The van der Waals surface area contributed by atoms with Crippen molar-refractivity contribution in [3.8, 4) is 11.1 Å². The number of fused-ring (bicyclic) bond motifs is 1. The van der Waals surface area contributed by atoms with Crippen LogP contribution in [0.3, 0.4) is 0 Å². The van der Waals surface area contributed by atoms with E-state index in [1.165, 1.54) is 37.8 Å². The molecule has 1 fully saturated rings. The van der Waals surface area contributed by atoms with Crippen molar-refractivity contribution >= 4 is 6.08 Å². The molecule has 1 unspecified atom stereocenters. The van der Waals surface area contributed by atoms with Gasteiger partial charge in [0.1, 0.15) is 11.6 Å². The highest BCUT2D eigenvalue weighted by molar-refractivity contribution is 5.63. The summed E-state index contributed by atoms with van der Waals surface area (Å²) in [5.74, 6) is 7.19. The van der Waals surface area contributed by atoms with Crippen LogP contribution in [0.4, 0.5) is 4.39 Å². The number of pyridine rings is 1. The number of hydrogen-bond donors (Lipinski definition) is 2. The van der Waals surface area contributed by atoms with E-state index in [-0.39, 0.29) is 11.7 Å². The number of rotatable bonds is 4. The molecule has 0 saturated heterocycles. The molecule has 0 aliphatic heterocycles. The first kappa shape index (κ1) is 18.7. The van der Waals surface area contributed by atoms with Crippen LogP contribution in [-0.2, 0) is 4.84 Å². The lowest BCUT2D eigenvalue weighted by molar-refractivity contribution is 0.119. The maximum Gasteiger partial charge on any atom is 0.143 e. The summed E-state index contributed by atoms with van der Waals surface area (Å²) in [5.41, 5.74) is 9.69. The minimum Gasteiger partial charge on any atom is -0.414 e. The summed E-state index contributed by atoms with van der Waals surface area (Å²) >= 11 is 0. The van der Waals surface area contributed by atoms with Crippen molar-refractivity contribution in [2.75, 3.05) is 0 Å². The second-order valence-electron chi connectivity index (χ2n) is 7.78. The fraction of sp³-hybridized carbons (Fsp3) is 0.348. The predicted octanol–water partition coefficient (Wildman–Crippen LogP) is 4.79. The highest BCUT2D eigenvalue weighted by atomic mass is 19.1. The molecule has 1 saturated carbocycles. The molecule has 0 radical (unpaired) electrons. The first-order chi connectivity index (χ1) is 13.7. The largest absolute Gasteiger partial charge is 0.414 e. The Labute approximate surface area is 165 Å². The molecule has 2 aliphatic rings. The molecule has 0 bridgehead atoms. The molecule has 28 heavy (non-hydrogen) atoms. The third kappa shape index (κ3) is 3.80. The van der Waals surface area contributed by atoms with Crippen molar-refractivity contribution in [3.63, 3.8) is 0 Å². The van der Waals surface area contributed by atoms with Crippen LogP contribution in [0.15, 0.2) is 60.1 Å².